The van der Waals surface area contributed by atoms with Gasteiger partial charge in [0.05, 0.1) is 5.25 Å². The Bertz CT molecular complexity index is 519. The molecule has 1 aliphatic carbocycles. The van der Waals surface area contributed by atoms with Crippen LogP contribution in [-0.4, -0.2) is 30.3 Å². The van der Waals surface area contributed by atoms with Crippen LogP contribution in [0.1, 0.15) is 42.6 Å². The molecule has 0 spiro atoms. The summed E-state index contributed by atoms with van der Waals surface area (Å²) in [4.78, 5) is 4.41. The fraction of sp³-hybridized carbons (Fsp3) is 0.667. The first-order valence-electron chi connectivity index (χ1n) is 5.46. The lowest BCUT2D eigenvalue weighted by Crippen LogP contribution is -1.96. The molecule has 0 bridgehead atoms. The van der Waals surface area contributed by atoms with E-state index in [2.05, 4.69) is 25.7 Å². The molecule has 0 aliphatic heterocycles. The van der Waals surface area contributed by atoms with Gasteiger partial charge in [0.1, 0.15) is 0 Å². The number of rotatable bonds is 4. The Kier molecular flexibility index (Phi) is 2.58. The van der Waals surface area contributed by atoms with Crippen molar-refractivity contribution in [1.29, 1.82) is 0 Å². The third-order valence-electron chi connectivity index (χ3n) is 2.61. The highest BCUT2D eigenvalue weighted by molar-refractivity contribution is 7.99. The molecule has 1 fully saturated rings. The van der Waals surface area contributed by atoms with Gasteiger partial charge in [-0.2, -0.15) is 4.98 Å². The van der Waals surface area contributed by atoms with Crippen LogP contribution in [0.3, 0.4) is 0 Å². The molecule has 8 heteroatoms. The molecule has 17 heavy (non-hydrogen) atoms. The zero-order valence-corrected chi connectivity index (χ0v) is 10.4. The third kappa shape index (κ3) is 2.17. The summed E-state index contributed by atoms with van der Waals surface area (Å²) in [5.74, 6) is 1.99. The van der Waals surface area contributed by atoms with Crippen LogP contribution in [0.15, 0.2) is 9.68 Å². The summed E-state index contributed by atoms with van der Waals surface area (Å²) in [7, 11) is 1.80. The molecule has 2 aromatic rings. The summed E-state index contributed by atoms with van der Waals surface area (Å²) in [6, 6.07) is 0. The fourth-order valence-electron chi connectivity index (χ4n) is 1.45. The lowest BCUT2D eigenvalue weighted by atomic mass is 10.4. The van der Waals surface area contributed by atoms with Crippen molar-refractivity contribution in [2.45, 2.75) is 36.1 Å². The summed E-state index contributed by atoms with van der Waals surface area (Å²) in [5.41, 5.74) is 0. The molecule has 90 valence electrons. The molecule has 3 rings (SSSR count). The average molecular weight is 252 g/mol. The third-order valence-corrected chi connectivity index (χ3v) is 3.72. The Morgan fingerprint density at radius 2 is 2.29 bits per heavy atom. The van der Waals surface area contributed by atoms with E-state index in [1.807, 2.05) is 6.92 Å². The lowest BCUT2D eigenvalue weighted by molar-refractivity contribution is 0.374. The minimum Gasteiger partial charge on any atom is -0.338 e. The smallest absolute Gasteiger partial charge is 0.239 e. The van der Waals surface area contributed by atoms with Gasteiger partial charge in [-0.25, -0.2) is 4.68 Å². The van der Waals surface area contributed by atoms with Crippen LogP contribution < -0.4 is 0 Å². The van der Waals surface area contributed by atoms with E-state index in [1.165, 1.54) is 24.6 Å². The fourth-order valence-corrected chi connectivity index (χ4v) is 2.23. The van der Waals surface area contributed by atoms with Crippen LogP contribution in [0.5, 0.6) is 0 Å². The number of aryl methyl sites for hydroxylation is 1. The average Bonchev–Trinajstić information content (AvgIpc) is 2.91. The van der Waals surface area contributed by atoms with Crippen molar-refractivity contribution < 1.29 is 4.52 Å². The van der Waals surface area contributed by atoms with Gasteiger partial charge in [-0.3, -0.25) is 0 Å². The van der Waals surface area contributed by atoms with Gasteiger partial charge in [-0.15, -0.1) is 5.10 Å². The van der Waals surface area contributed by atoms with Crippen molar-refractivity contribution in [2.75, 3.05) is 0 Å². The molecule has 0 saturated heterocycles. The van der Waals surface area contributed by atoms with Crippen molar-refractivity contribution >= 4 is 11.8 Å². The maximum absolute atomic E-state index is 5.26. The lowest BCUT2D eigenvalue weighted by Gasteiger charge is -2.03. The van der Waals surface area contributed by atoms with Crippen LogP contribution in [0.2, 0.25) is 0 Å². The Balaban J connectivity index is 1.72. The molecule has 0 aromatic carbocycles. The number of tetrazole rings is 1. The molecular weight excluding hydrogens is 240 g/mol. The molecule has 7 nitrogen and oxygen atoms in total. The van der Waals surface area contributed by atoms with Crippen LogP contribution in [0.25, 0.3) is 0 Å². The predicted molar refractivity (Wildman–Crippen MR) is 59.3 cm³/mol. The summed E-state index contributed by atoms with van der Waals surface area (Å²) < 4.78 is 6.88. The minimum atomic E-state index is 0.0553. The second-order valence-corrected chi connectivity index (χ2v) is 5.42. The Morgan fingerprint density at radius 1 is 1.47 bits per heavy atom. The van der Waals surface area contributed by atoms with Crippen LogP contribution in [-0.2, 0) is 7.05 Å². The molecule has 0 unspecified atom stereocenters. The van der Waals surface area contributed by atoms with Gasteiger partial charge >= 0.3 is 0 Å². The SMILES string of the molecule is C[C@H](Sc1nnnn1C)c1nc(C2CC2)no1. The van der Waals surface area contributed by atoms with Gasteiger partial charge in [0.15, 0.2) is 5.82 Å². The van der Waals surface area contributed by atoms with Gasteiger partial charge in [0.25, 0.3) is 0 Å². The number of hydrogen-bond donors (Lipinski definition) is 0. The van der Waals surface area contributed by atoms with Gasteiger partial charge < -0.3 is 4.52 Å². The van der Waals surface area contributed by atoms with E-state index in [1.54, 1.807) is 11.7 Å². The van der Waals surface area contributed by atoms with Crippen molar-refractivity contribution in [1.82, 2.24) is 30.3 Å². The highest BCUT2D eigenvalue weighted by Gasteiger charge is 2.30. The van der Waals surface area contributed by atoms with Crippen molar-refractivity contribution in [3.8, 4) is 0 Å². The topological polar surface area (TPSA) is 82.5 Å². The van der Waals surface area contributed by atoms with Crippen LogP contribution in [0.4, 0.5) is 0 Å². The summed E-state index contributed by atoms with van der Waals surface area (Å²) >= 11 is 1.51. The molecule has 0 radical (unpaired) electrons. The molecule has 1 aliphatic rings. The molecule has 0 amide bonds. The second-order valence-electron chi connectivity index (χ2n) is 4.11. The van der Waals surface area contributed by atoms with E-state index in [0.29, 0.717) is 11.8 Å². The molecule has 1 atom stereocenters. The van der Waals surface area contributed by atoms with Gasteiger partial charge in [0, 0.05) is 13.0 Å². The largest absolute Gasteiger partial charge is 0.338 e. The van der Waals surface area contributed by atoms with Crippen LogP contribution in [0, 0.1) is 0 Å². The van der Waals surface area contributed by atoms with E-state index < -0.39 is 0 Å². The zero-order valence-electron chi connectivity index (χ0n) is 9.57. The predicted octanol–water partition coefficient (Wildman–Crippen LogP) is 1.32. The molecular formula is C9H12N6OS. The second kappa shape index (κ2) is 4.10. The van der Waals surface area contributed by atoms with Crippen molar-refractivity contribution in [3.05, 3.63) is 11.7 Å². The van der Waals surface area contributed by atoms with Crippen LogP contribution >= 0.6 is 11.8 Å². The number of nitrogens with zero attached hydrogens (tertiary/aromatic N) is 6. The van der Waals surface area contributed by atoms with Gasteiger partial charge in [-0.05, 0) is 30.2 Å². The van der Waals surface area contributed by atoms with Crippen molar-refractivity contribution in [2.24, 2.45) is 7.05 Å². The Morgan fingerprint density at radius 3 is 2.94 bits per heavy atom. The maximum atomic E-state index is 5.26. The molecule has 1 saturated carbocycles. The standard InChI is InChI=1S/C9H12N6OS/c1-5(17-9-11-13-14-15(9)2)8-10-7(12-16-8)6-3-4-6/h5-6H,3-4H2,1-2H3/t5-/m0/s1. The molecule has 2 heterocycles. The molecule has 2 aromatic heterocycles. The quantitative estimate of drug-likeness (QED) is 0.759. The summed E-state index contributed by atoms with van der Waals surface area (Å²) in [6.07, 6.45) is 2.35. The highest BCUT2D eigenvalue weighted by Crippen LogP contribution is 2.39. The minimum absolute atomic E-state index is 0.0553. The first kappa shape index (κ1) is 10.7. The maximum Gasteiger partial charge on any atom is 0.239 e. The normalized spacial score (nSPS) is 17.3. The Hall–Kier alpha value is -1.44. The van der Waals surface area contributed by atoms with E-state index in [9.17, 15) is 0 Å². The Labute approximate surface area is 102 Å². The highest BCUT2D eigenvalue weighted by atomic mass is 32.2. The zero-order chi connectivity index (χ0) is 11.8. The van der Waals surface area contributed by atoms with E-state index in [4.69, 9.17) is 4.52 Å². The summed E-state index contributed by atoms with van der Waals surface area (Å²) in [6.45, 7) is 2.00. The monoisotopic (exact) mass is 252 g/mol. The van der Waals surface area contributed by atoms with E-state index in [0.717, 1.165) is 11.0 Å². The van der Waals surface area contributed by atoms with Crippen molar-refractivity contribution in [3.63, 3.8) is 0 Å². The first-order chi connectivity index (χ1) is 8.24. The van der Waals surface area contributed by atoms with E-state index in [-0.39, 0.29) is 5.25 Å². The van der Waals surface area contributed by atoms with Gasteiger partial charge in [0.2, 0.25) is 11.0 Å². The number of thioether (sulfide) groups is 1. The molecule has 0 N–H and O–H groups in total. The first-order valence-corrected chi connectivity index (χ1v) is 6.34. The number of hydrogen-bond acceptors (Lipinski definition) is 7. The summed E-state index contributed by atoms with van der Waals surface area (Å²) in [5, 5.41) is 16.1. The number of aromatic nitrogens is 6. The van der Waals surface area contributed by atoms with E-state index >= 15 is 0 Å². The van der Waals surface area contributed by atoms with Gasteiger partial charge in [-0.1, -0.05) is 16.9 Å².